The molecule has 0 fully saturated rings. The van der Waals surface area contributed by atoms with Gasteiger partial charge in [0.05, 0.1) is 10.6 Å². The van der Waals surface area contributed by atoms with Crippen molar-refractivity contribution in [3.63, 3.8) is 0 Å². The van der Waals surface area contributed by atoms with Gasteiger partial charge in [-0.25, -0.2) is 8.42 Å². The van der Waals surface area contributed by atoms with E-state index in [1.54, 1.807) is 23.5 Å². The predicted octanol–water partition coefficient (Wildman–Crippen LogP) is 3.02. The number of amides is 1. The van der Waals surface area contributed by atoms with Gasteiger partial charge in [0, 0.05) is 22.6 Å². The Labute approximate surface area is 132 Å². The van der Waals surface area contributed by atoms with Crippen molar-refractivity contribution < 1.29 is 13.2 Å². The summed E-state index contributed by atoms with van der Waals surface area (Å²) in [5.41, 5.74) is 0.500. The lowest BCUT2D eigenvalue weighted by Crippen LogP contribution is -2.14. The Morgan fingerprint density at radius 1 is 1.29 bits per heavy atom. The number of benzene rings is 1. The highest BCUT2D eigenvalue weighted by molar-refractivity contribution is 7.99. The first-order chi connectivity index (χ1) is 9.95. The molecule has 0 aliphatic rings. The fourth-order valence-corrected chi connectivity index (χ4v) is 3.98. The molecule has 0 bridgehead atoms. The zero-order valence-corrected chi connectivity index (χ0v) is 13.9. The minimum atomic E-state index is -3.26. The highest BCUT2D eigenvalue weighted by Crippen LogP contribution is 2.18. The van der Waals surface area contributed by atoms with Crippen molar-refractivity contribution in [3.8, 4) is 0 Å². The summed E-state index contributed by atoms with van der Waals surface area (Å²) in [4.78, 5) is 13.3. The zero-order chi connectivity index (χ0) is 15.3. The second-order valence-electron chi connectivity index (χ2n) is 4.42. The molecule has 1 aromatic carbocycles. The fourth-order valence-electron chi connectivity index (χ4n) is 1.64. The number of hydrogen-bond acceptors (Lipinski definition) is 5. The van der Waals surface area contributed by atoms with Gasteiger partial charge in [0.25, 0.3) is 0 Å². The number of thioether (sulfide) groups is 1. The van der Waals surface area contributed by atoms with Crippen LogP contribution in [0.3, 0.4) is 0 Å². The van der Waals surface area contributed by atoms with Gasteiger partial charge < -0.3 is 5.32 Å². The smallest absolute Gasteiger partial charge is 0.234 e. The topological polar surface area (TPSA) is 63.2 Å². The maximum atomic E-state index is 11.8. The summed E-state index contributed by atoms with van der Waals surface area (Å²) in [6, 6.07) is 10.3. The summed E-state index contributed by atoms with van der Waals surface area (Å²) in [6.07, 6.45) is 1.14. The molecule has 7 heteroatoms. The summed E-state index contributed by atoms with van der Waals surface area (Å²) in [6.45, 7) is 0. The summed E-state index contributed by atoms with van der Waals surface area (Å²) in [5, 5.41) is 4.72. The first kappa shape index (κ1) is 16.1. The van der Waals surface area contributed by atoms with Gasteiger partial charge >= 0.3 is 0 Å². The second-order valence-corrected chi connectivity index (χ2v) is 8.45. The van der Waals surface area contributed by atoms with E-state index in [0.717, 1.165) is 12.0 Å². The largest absolute Gasteiger partial charge is 0.325 e. The Morgan fingerprint density at radius 3 is 2.76 bits per heavy atom. The van der Waals surface area contributed by atoms with E-state index in [-0.39, 0.29) is 10.8 Å². The first-order valence-corrected chi connectivity index (χ1v) is 10.1. The molecule has 0 saturated carbocycles. The van der Waals surface area contributed by atoms with Gasteiger partial charge in [0.15, 0.2) is 9.84 Å². The van der Waals surface area contributed by atoms with Crippen molar-refractivity contribution in [2.45, 2.75) is 10.6 Å². The van der Waals surface area contributed by atoms with Crippen molar-refractivity contribution in [2.24, 2.45) is 0 Å². The van der Waals surface area contributed by atoms with E-state index in [9.17, 15) is 13.2 Å². The van der Waals surface area contributed by atoms with Gasteiger partial charge in [-0.2, -0.15) is 0 Å². The Kier molecular flexibility index (Phi) is 5.44. The molecule has 112 valence electrons. The molecule has 1 amide bonds. The number of carbonyl (C=O) groups excluding carboxylic acids is 1. The molecule has 1 aromatic heterocycles. The summed E-state index contributed by atoms with van der Waals surface area (Å²) < 4.78 is 22.9. The summed E-state index contributed by atoms with van der Waals surface area (Å²) >= 11 is 3.19. The summed E-state index contributed by atoms with van der Waals surface area (Å²) in [7, 11) is -3.26. The van der Waals surface area contributed by atoms with Crippen LogP contribution in [0.5, 0.6) is 0 Å². The van der Waals surface area contributed by atoms with Crippen LogP contribution in [-0.2, 0) is 20.4 Å². The maximum absolute atomic E-state index is 11.8. The number of rotatable bonds is 6. The molecule has 4 nitrogen and oxygen atoms in total. The van der Waals surface area contributed by atoms with Crippen LogP contribution in [0.15, 0.2) is 46.7 Å². The molecule has 1 heterocycles. The lowest BCUT2D eigenvalue weighted by Gasteiger charge is -2.06. The molecule has 1 N–H and O–H groups in total. The molecule has 0 atom stereocenters. The van der Waals surface area contributed by atoms with Gasteiger partial charge in [0.2, 0.25) is 5.91 Å². The van der Waals surface area contributed by atoms with E-state index in [2.05, 4.69) is 5.32 Å². The standard InChI is InChI=1S/C14H15NO3S3/c1-21(17,18)13-6-2-4-11(8-13)15-14(16)10-19-9-12-5-3-7-20-12/h2-8H,9-10H2,1H3,(H,15,16). The molecule has 0 aliphatic carbocycles. The van der Waals surface area contributed by atoms with Crippen LogP contribution in [0.2, 0.25) is 0 Å². The van der Waals surface area contributed by atoms with Crippen molar-refractivity contribution in [3.05, 3.63) is 46.7 Å². The minimum Gasteiger partial charge on any atom is -0.325 e. The van der Waals surface area contributed by atoms with E-state index < -0.39 is 9.84 Å². The minimum absolute atomic E-state index is 0.137. The lowest BCUT2D eigenvalue weighted by atomic mass is 10.3. The van der Waals surface area contributed by atoms with E-state index in [0.29, 0.717) is 11.4 Å². The van der Waals surface area contributed by atoms with Gasteiger partial charge in [-0.3, -0.25) is 4.79 Å². The van der Waals surface area contributed by atoms with Crippen molar-refractivity contribution in [2.75, 3.05) is 17.3 Å². The predicted molar refractivity (Wildman–Crippen MR) is 88.7 cm³/mol. The third kappa shape index (κ3) is 5.18. The van der Waals surface area contributed by atoms with Gasteiger partial charge in [0.1, 0.15) is 0 Å². The molecule has 0 unspecified atom stereocenters. The van der Waals surface area contributed by atoms with E-state index in [1.165, 1.54) is 28.8 Å². The summed E-state index contributed by atoms with van der Waals surface area (Å²) in [5.74, 6) is 0.998. The second kappa shape index (κ2) is 7.11. The third-order valence-electron chi connectivity index (χ3n) is 2.60. The number of thiophene rings is 1. The lowest BCUT2D eigenvalue weighted by molar-refractivity contribution is -0.113. The van der Waals surface area contributed by atoms with Crippen molar-refractivity contribution in [1.29, 1.82) is 0 Å². The Hall–Kier alpha value is -1.31. The molecule has 0 saturated heterocycles. The number of nitrogens with one attached hydrogen (secondary N) is 1. The highest BCUT2D eigenvalue weighted by Gasteiger charge is 2.09. The number of carbonyl (C=O) groups is 1. The normalized spacial score (nSPS) is 11.3. The number of hydrogen-bond donors (Lipinski definition) is 1. The van der Waals surface area contributed by atoms with Gasteiger partial charge in [-0.1, -0.05) is 12.1 Å². The first-order valence-electron chi connectivity index (χ1n) is 6.15. The SMILES string of the molecule is CS(=O)(=O)c1cccc(NC(=O)CSCc2cccs2)c1. The molecule has 2 aromatic rings. The zero-order valence-electron chi connectivity index (χ0n) is 11.4. The van der Waals surface area contributed by atoms with Crippen LogP contribution in [0.4, 0.5) is 5.69 Å². The van der Waals surface area contributed by atoms with Crippen LogP contribution in [0, 0.1) is 0 Å². The number of anilines is 1. The maximum Gasteiger partial charge on any atom is 0.234 e. The number of sulfone groups is 1. The Balaban J connectivity index is 1.88. The molecule has 2 rings (SSSR count). The fraction of sp³-hybridized carbons (Fsp3) is 0.214. The highest BCUT2D eigenvalue weighted by atomic mass is 32.2. The van der Waals surface area contributed by atoms with Gasteiger partial charge in [-0.05, 0) is 29.6 Å². The molecule has 0 radical (unpaired) electrons. The van der Waals surface area contributed by atoms with Crippen LogP contribution in [0.25, 0.3) is 0 Å². The molecule has 0 aliphatic heterocycles. The molecular formula is C14H15NO3S3. The third-order valence-corrected chi connectivity index (χ3v) is 5.75. The van der Waals surface area contributed by atoms with Crippen LogP contribution < -0.4 is 5.32 Å². The average Bonchev–Trinajstić information content (AvgIpc) is 2.91. The molecular weight excluding hydrogens is 326 g/mol. The van der Waals surface area contributed by atoms with Crippen molar-refractivity contribution >= 4 is 44.5 Å². The molecule has 0 spiro atoms. The van der Waals surface area contributed by atoms with Gasteiger partial charge in [-0.15, -0.1) is 23.1 Å². The monoisotopic (exact) mass is 341 g/mol. The van der Waals surface area contributed by atoms with Crippen LogP contribution in [-0.4, -0.2) is 26.3 Å². The van der Waals surface area contributed by atoms with E-state index in [1.807, 2.05) is 17.5 Å². The van der Waals surface area contributed by atoms with Crippen LogP contribution >= 0.6 is 23.1 Å². The quantitative estimate of drug-likeness (QED) is 0.877. The van der Waals surface area contributed by atoms with E-state index in [4.69, 9.17) is 0 Å². The Bertz CT molecular complexity index is 709. The Morgan fingerprint density at radius 2 is 2.10 bits per heavy atom. The molecule has 21 heavy (non-hydrogen) atoms. The van der Waals surface area contributed by atoms with Crippen LogP contribution in [0.1, 0.15) is 4.88 Å². The average molecular weight is 341 g/mol. The van der Waals surface area contributed by atoms with Crippen molar-refractivity contribution in [1.82, 2.24) is 0 Å². The van der Waals surface area contributed by atoms with E-state index >= 15 is 0 Å².